The zero-order valence-electron chi connectivity index (χ0n) is 16.1. The van der Waals surface area contributed by atoms with Gasteiger partial charge in [0.2, 0.25) is 0 Å². The number of benzene rings is 2. The van der Waals surface area contributed by atoms with E-state index in [0.29, 0.717) is 12.4 Å². The van der Waals surface area contributed by atoms with Crippen LogP contribution in [0.5, 0.6) is 5.75 Å². The van der Waals surface area contributed by atoms with Crippen molar-refractivity contribution in [3.8, 4) is 5.75 Å². The lowest BCUT2D eigenvalue weighted by Gasteiger charge is -2.30. The van der Waals surface area contributed by atoms with Gasteiger partial charge in [-0.3, -0.25) is 4.90 Å². The summed E-state index contributed by atoms with van der Waals surface area (Å²) in [6.45, 7) is 5.74. The summed E-state index contributed by atoms with van der Waals surface area (Å²) in [5.41, 5.74) is 1.75. The Morgan fingerprint density at radius 2 is 1.82 bits per heavy atom. The molecule has 0 spiro atoms. The van der Waals surface area contributed by atoms with Gasteiger partial charge < -0.3 is 14.6 Å². The Balaban J connectivity index is 1.82. The fourth-order valence-electron chi connectivity index (χ4n) is 2.83. The van der Waals surface area contributed by atoms with E-state index in [-0.39, 0.29) is 12.2 Å². The maximum Gasteiger partial charge on any atom is 0.415 e. The Morgan fingerprint density at radius 1 is 1.11 bits per heavy atom. The number of amides is 1. The molecular formula is C22H23NO5. The van der Waals surface area contributed by atoms with Crippen molar-refractivity contribution in [1.29, 1.82) is 0 Å². The Labute approximate surface area is 164 Å². The molecule has 1 aliphatic heterocycles. The molecule has 0 unspecified atom stereocenters. The lowest BCUT2D eigenvalue weighted by Crippen LogP contribution is -2.39. The van der Waals surface area contributed by atoms with E-state index in [1.54, 1.807) is 32.9 Å². The molecule has 2 aromatic rings. The zero-order valence-corrected chi connectivity index (χ0v) is 16.1. The van der Waals surface area contributed by atoms with E-state index < -0.39 is 17.7 Å². The van der Waals surface area contributed by atoms with Crippen molar-refractivity contribution in [1.82, 2.24) is 4.90 Å². The highest BCUT2D eigenvalue weighted by molar-refractivity contribution is 5.96. The standard InChI is InChI=1S/C22H23NO5/c1-22(2,3)28-21(26)23-13-17-11-18(27-14-15-7-5-4-6-8-15)10-9-16(17)12-19(23)20(24)25/h4-12H,13-14H2,1-3H3,(H,24,25). The normalized spacial score (nSPS) is 13.4. The van der Waals surface area contributed by atoms with Crippen LogP contribution in [0, 0.1) is 0 Å². The average molecular weight is 381 g/mol. The third-order valence-electron chi connectivity index (χ3n) is 4.11. The second-order valence-electron chi connectivity index (χ2n) is 7.54. The number of carboxylic acids is 1. The topological polar surface area (TPSA) is 76.1 Å². The predicted octanol–water partition coefficient (Wildman–Crippen LogP) is 4.44. The van der Waals surface area contributed by atoms with Crippen molar-refractivity contribution in [3.05, 3.63) is 70.9 Å². The number of fused-ring (bicyclic) bond motifs is 1. The Kier molecular flexibility index (Phi) is 5.40. The van der Waals surface area contributed by atoms with Crippen LogP contribution < -0.4 is 4.74 Å². The molecule has 0 saturated carbocycles. The number of nitrogens with zero attached hydrogens (tertiary/aromatic N) is 1. The van der Waals surface area contributed by atoms with Gasteiger partial charge in [0.1, 0.15) is 23.7 Å². The molecule has 0 aromatic heterocycles. The van der Waals surface area contributed by atoms with Crippen LogP contribution in [0.1, 0.15) is 37.5 Å². The molecule has 1 aliphatic rings. The van der Waals surface area contributed by atoms with Gasteiger partial charge in [0, 0.05) is 0 Å². The van der Waals surface area contributed by atoms with Gasteiger partial charge in [-0.15, -0.1) is 0 Å². The summed E-state index contributed by atoms with van der Waals surface area (Å²) >= 11 is 0. The van der Waals surface area contributed by atoms with E-state index in [1.165, 1.54) is 6.08 Å². The number of carbonyl (C=O) groups excluding carboxylic acids is 1. The number of ether oxygens (including phenoxy) is 2. The molecule has 28 heavy (non-hydrogen) atoms. The molecule has 6 nitrogen and oxygen atoms in total. The molecule has 0 atom stereocenters. The second-order valence-corrected chi connectivity index (χ2v) is 7.54. The highest BCUT2D eigenvalue weighted by atomic mass is 16.6. The minimum atomic E-state index is -1.18. The number of rotatable bonds is 4. The van der Waals surface area contributed by atoms with Crippen LogP contribution >= 0.6 is 0 Å². The predicted molar refractivity (Wildman–Crippen MR) is 105 cm³/mol. The fraction of sp³-hybridized carbons (Fsp3) is 0.273. The number of hydrogen-bond donors (Lipinski definition) is 1. The van der Waals surface area contributed by atoms with Crippen LogP contribution in [0.3, 0.4) is 0 Å². The van der Waals surface area contributed by atoms with Gasteiger partial charge in [0.15, 0.2) is 0 Å². The summed E-state index contributed by atoms with van der Waals surface area (Å²) in [6, 6.07) is 15.2. The number of aliphatic carboxylic acids is 1. The maximum absolute atomic E-state index is 12.5. The Morgan fingerprint density at radius 3 is 2.46 bits per heavy atom. The van der Waals surface area contributed by atoms with Crippen molar-refractivity contribution < 1.29 is 24.2 Å². The minimum absolute atomic E-state index is 0.102. The molecule has 0 radical (unpaired) electrons. The van der Waals surface area contributed by atoms with E-state index in [0.717, 1.165) is 21.6 Å². The van der Waals surface area contributed by atoms with Gasteiger partial charge in [-0.2, -0.15) is 0 Å². The van der Waals surface area contributed by atoms with Crippen LogP contribution in [0.2, 0.25) is 0 Å². The molecule has 0 saturated heterocycles. The Hall–Kier alpha value is -3.28. The van der Waals surface area contributed by atoms with Gasteiger partial charge >= 0.3 is 12.1 Å². The maximum atomic E-state index is 12.5. The molecule has 146 valence electrons. The summed E-state index contributed by atoms with van der Waals surface area (Å²) in [6.07, 6.45) is 0.786. The molecule has 6 heteroatoms. The van der Waals surface area contributed by atoms with Gasteiger partial charge in [-0.05, 0) is 55.7 Å². The second kappa shape index (κ2) is 7.76. The van der Waals surface area contributed by atoms with E-state index in [1.807, 2.05) is 36.4 Å². The van der Waals surface area contributed by atoms with Gasteiger partial charge in [0.05, 0.1) is 6.54 Å². The van der Waals surface area contributed by atoms with Gasteiger partial charge in [-0.25, -0.2) is 9.59 Å². The summed E-state index contributed by atoms with van der Waals surface area (Å²) in [4.78, 5) is 25.3. The van der Waals surface area contributed by atoms with Crippen molar-refractivity contribution in [2.45, 2.75) is 39.5 Å². The first kappa shape index (κ1) is 19.5. The van der Waals surface area contributed by atoms with E-state index in [2.05, 4.69) is 0 Å². The van der Waals surface area contributed by atoms with E-state index >= 15 is 0 Å². The first-order valence-corrected chi connectivity index (χ1v) is 8.98. The van der Waals surface area contributed by atoms with Gasteiger partial charge in [0.25, 0.3) is 0 Å². The lowest BCUT2D eigenvalue weighted by atomic mass is 10.0. The third kappa shape index (κ3) is 4.71. The molecule has 1 amide bonds. The quantitative estimate of drug-likeness (QED) is 0.847. The van der Waals surface area contributed by atoms with Crippen molar-refractivity contribution in [3.63, 3.8) is 0 Å². The number of hydrogen-bond acceptors (Lipinski definition) is 4. The van der Waals surface area contributed by atoms with Gasteiger partial charge in [-0.1, -0.05) is 36.4 Å². The molecule has 0 aliphatic carbocycles. The first-order valence-electron chi connectivity index (χ1n) is 8.98. The number of carbonyl (C=O) groups is 2. The molecule has 3 rings (SSSR count). The largest absolute Gasteiger partial charge is 0.489 e. The van der Waals surface area contributed by atoms with Crippen LogP contribution in [-0.2, 0) is 22.7 Å². The average Bonchev–Trinajstić information content (AvgIpc) is 2.64. The summed E-state index contributed by atoms with van der Waals surface area (Å²) in [7, 11) is 0. The van der Waals surface area contributed by atoms with Crippen molar-refractivity contribution in [2.75, 3.05) is 0 Å². The summed E-state index contributed by atoms with van der Waals surface area (Å²) in [5, 5.41) is 9.50. The molecule has 0 fully saturated rings. The minimum Gasteiger partial charge on any atom is -0.489 e. The highest BCUT2D eigenvalue weighted by Gasteiger charge is 2.31. The van der Waals surface area contributed by atoms with Crippen molar-refractivity contribution in [2.24, 2.45) is 0 Å². The van der Waals surface area contributed by atoms with E-state index in [9.17, 15) is 14.7 Å². The molecule has 2 aromatic carbocycles. The van der Waals surface area contributed by atoms with Crippen LogP contribution in [-0.4, -0.2) is 27.7 Å². The fourth-order valence-corrected chi connectivity index (χ4v) is 2.83. The van der Waals surface area contributed by atoms with Crippen LogP contribution in [0.4, 0.5) is 4.79 Å². The third-order valence-corrected chi connectivity index (χ3v) is 4.11. The molecular weight excluding hydrogens is 358 g/mol. The van der Waals surface area contributed by atoms with E-state index in [4.69, 9.17) is 9.47 Å². The lowest BCUT2D eigenvalue weighted by molar-refractivity contribution is -0.134. The first-order chi connectivity index (χ1) is 13.2. The SMILES string of the molecule is CC(C)(C)OC(=O)N1Cc2cc(OCc3ccccc3)ccc2C=C1C(=O)O. The summed E-state index contributed by atoms with van der Waals surface area (Å²) < 4.78 is 11.2. The molecule has 0 bridgehead atoms. The van der Waals surface area contributed by atoms with Crippen LogP contribution in [0.25, 0.3) is 6.08 Å². The molecule has 1 N–H and O–H groups in total. The highest BCUT2D eigenvalue weighted by Crippen LogP contribution is 2.29. The van der Waals surface area contributed by atoms with Crippen molar-refractivity contribution >= 4 is 18.1 Å². The number of carboxylic acid groups (broad SMARTS) is 1. The smallest absolute Gasteiger partial charge is 0.415 e. The molecule has 1 heterocycles. The monoisotopic (exact) mass is 381 g/mol. The Bertz CT molecular complexity index is 912. The summed E-state index contributed by atoms with van der Waals surface area (Å²) in [5.74, 6) is -0.528. The van der Waals surface area contributed by atoms with Crippen LogP contribution in [0.15, 0.2) is 54.2 Å². The zero-order chi connectivity index (χ0) is 20.3.